The fraction of sp³-hybridized carbons (Fsp3) is 0.250. The fourth-order valence-electron chi connectivity index (χ4n) is 3.09. The summed E-state index contributed by atoms with van der Waals surface area (Å²) in [6.07, 6.45) is 0.183. The fourth-order valence-corrected chi connectivity index (χ4v) is 4.31. The van der Waals surface area contributed by atoms with Crippen molar-refractivity contribution in [3.05, 3.63) is 63.0 Å². The van der Waals surface area contributed by atoms with Crippen LogP contribution >= 0.6 is 22.9 Å². The molecule has 0 spiro atoms. The van der Waals surface area contributed by atoms with Crippen LogP contribution in [0.4, 0.5) is 0 Å². The highest BCUT2D eigenvalue weighted by molar-refractivity contribution is 7.18. The molecule has 0 radical (unpaired) electrons. The highest BCUT2D eigenvalue weighted by Crippen LogP contribution is 2.29. The molecule has 1 amide bonds. The number of hydrogen-bond acceptors (Lipinski definition) is 5. The van der Waals surface area contributed by atoms with Gasteiger partial charge in [-0.15, -0.1) is 11.3 Å². The Balaban J connectivity index is 1.49. The van der Waals surface area contributed by atoms with E-state index in [1.54, 1.807) is 41.5 Å². The SMILES string of the molecule is C[C@@H](c1nc2ccccc2s1)N(C)C(=O)CCn1c(=O)oc2cc(Cl)ccc21. The van der Waals surface area contributed by atoms with Crippen LogP contribution in [0, 0.1) is 0 Å². The zero-order chi connectivity index (χ0) is 19.8. The second-order valence-corrected chi connectivity index (χ2v) is 8.08. The Morgan fingerprint density at radius 2 is 2.11 bits per heavy atom. The molecule has 2 aromatic carbocycles. The lowest BCUT2D eigenvalue weighted by atomic mass is 10.2. The van der Waals surface area contributed by atoms with Crippen molar-refractivity contribution in [2.45, 2.75) is 25.9 Å². The van der Waals surface area contributed by atoms with E-state index < -0.39 is 5.76 Å². The van der Waals surface area contributed by atoms with Crippen molar-refractivity contribution in [2.24, 2.45) is 0 Å². The molecule has 2 aromatic heterocycles. The standard InChI is InChI=1S/C20H18ClN3O3S/c1-12(19-22-14-5-3-4-6-17(14)28-19)23(2)18(25)9-10-24-15-8-7-13(21)11-16(15)27-20(24)26/h3-8,11-12H,9-10H2,1-2H3/t12-/m0/s1. The van der Waals surface area contributed by atoms with Gasteiger partial charge in [0.15, 0.2) is 5.58 Å². The molecule has 0 fully saturated rings. The van der Waals surface area contributed by atoms with Crippen molar-refractivity contribution in [1.29, 1.82) is 0 Å². The van der Waals surface area contributed by atoms with Gasteiger partial charge in [-0.1, -0.05) is 23.7 Å². The number of aromatic nitrogens is 2. The number of benzene rings is 2. The molecule has 28 heavy (non-hydrogen) atoms. The summed E-state index contributed by atoms with van der Waals surface area (Å²) in [5.74, 6) is -0.561. The minimum Gasteiger partial charge on any atom is -0.408 e. The summed E-state index contributed by atoms with van der Waals surface area (Å²) in [4.78, 5) is 31.1. The van der Waals surface area contributed by atoms with E-state index in [1.807, 2.05) is 31.2 Å². The number of amides is 1. The number of carbonyl (C=O) groups is 1. The second kappa shape index (κ2) is 7.41. The monoisotopic (exact) mass is 415 g/mol. The van der Waals surface area contributed by atoms with Gasteiger partial charge in [0.25, 0.3) is 0 Å². The third-order valence-electron chi connectivity index (χ3n) is 4.82. The molecule has 0 aliphatic rings. The van der Waals surface area contributed by atoms with Gasteiger partial charge < -0.3 is 9.32 Å². The van der Waals surface area contributed by atoms with Crippen molar-refractivity contribution in [2.75, 3.05) is 7.05 Å². The lowest BCUT2D eigenvalue weighted by Crippen LogP contribution is -2.31. The van der Waals surface area contributed by atoms with Crippen LogP contribution in [0.25, 0.3) is 21.3 Å². The van der Waals surface area contributed by atoms with Crippen molar-refractivity contribution in [3.8, 4) is 0 Å². The van der Waals surface area contributed by atoms with Gasteiger partial charge in [0, 0.05) is 31.1 Å². The molecule has 0 N–H and O–H groups in total. The number of thiazole rings is 1. The van der Waals surface area contributed by atoms with Crippen LogP contribution in [0.1, 0.15) is 24.4 Å². The van der Waals surface area contributed by atoms with E-state index in [9.17, 15) is 9.59 Å². The van der Waals surface area contributed by atoms with Crippen LogP contribution in [0.3, 0.4) is 0 Å². The van der Waals surface area contributed by atoms with Gasteiger partial charge in [-0.25, -0.2) is 9.78 Å². The first-order valence-corrected chi connectivity index (χ1v) is 10.0. The van der Waals surface area contributed by atoms with E-state index in [-0.39, 0.29) is 24.9 Å². The van der Waals surface area contributed by atoms with Gasteiger partial charge in [-0.3, -0.25) is 9.36 Å². The molecule has 8 heteroatoms. The van der Waals surface area contributed by atoms with Crippen LogP contribution in [0.15, 0.2) is 51.7 Å². The first kappa shape index (κ1) is 18.7. The molecule has 0 aliphatic heterocycles. The maximum atomic E-state index is 12.7. The minimum atomic E-state index is -0.494. The molecule has 1 atom stereocenters. The summed E-state index contributed by atoms with van der Waals surface area (Å²) >= 11 is 7.52. The van der Waals surface area contributed by atoms with Crippen LogP contribution < -0.4 is 5.76 Å². The Morgan fingerprint density at radius 3 is 2.89 bits per heavy atom. The molecular weight excluding hydrogens is 398 g/mol. The van der Waals surface area contributed by atoms with Crippen molar-refractivity contribution in [3.63, 3.8) is 0 Å². The van der Waals surface area contributed by atoms with Gasteiger partial charge in [0.05, 0.1) is 21.8 Å². The lowest BCUT2D eigenvalue weighted by molar-refractivity contribution is -0.132. The summed E-state index contributed by atoms with van der Waals surface area (Å²) < 4.78 is 7.77. The summed E-state index contributed by atoms with van der Waals surface area (Å²) in [5.41, 5.74) is 1.98. The van der Waals surface area contributed by atoms with Crippen LogP contribution in [0.5, 0.6) is 0 Å². The van der Waals surface area contributed by atoms with E-state index in [4.69, 9.17) is 16.0 Å². The van der Waals surface area contributed by atoms with E-state index >= 15 is 0 Å². The number of nitrogens with zero attached hydrogens (tertiary/aromatic N) is 3. The van der Waals surface area contributed by atoms with Crippen LogP contribution in [-0.2, 0) is 11.3 Å². The zero-order valence-corrected chi connectivity index (χ0v) is 17.0. The number of para-hydroxylation sites is 1. The normalized spacial score (nSPS) is 12.5. The molecule has 0 bridgehead atoms. The Bertz CT molecular complexity index is 1190. The minimum absolute atomic E-state index is 0.0676. The summed E-state index contributed by atoms with van der Waals surface area (Å²) in [6, 6.07) is 12.8. The Labute approximate surface area is 170 Å². The van der Waals surface area contributed by atoms with Crippen molar-refractivity contribution in [1.82, 2.24) is 14.5 Å². The molecule has 0 saturated carbocycles. The predicted octanol–water partition coefficient (Wildman–Crippen LogP) is 4.47. The summed E-state index contributed by atoms with van der Waals surface area (Å²) in [7, 11) is 1.76. The number of fused-ring (bicyclic) bond motifs is 2. The Morgan fingerprint density at radius 1 is 1.32 bits per heavy atom. The van der Waals surface area contributed by atoms with Gasteiger partial charge in [0.2, 0.25) is 5.91 Å². The number of carbonyl (C=O) groups excluding carboxylic acids is 1. The van der Waals surface area contributed by atoms with Crippen LogP contribution in [-0.4, -0.2) is 27.4 Å². The lowest BCUT2D eigenvalue weighted by Gasteiger charge is -2.23. The largest absolute Gasteiger partial charge is 0.419 e. The van der Waals surface area contributed by atoms with Gasteiger partial charge in [-0.05, 0) is 31.2 Å². The predicted molar refractivity (Wildman–Crippen MR) is 111 cm³/mol. The Kier molecular flexibility index (Phi) is 4.95. The number of halogens is 1. The van der Waals surface area contributed by atoms with E-state index in [2.05, 4.69) is 4.98 Å². The van der Waals surface area contributed by atoms with Crippen LogP contribution in [0.2, 0.25) is 5.02 Å². The van der Waals surface area contributed by atoms with E-state index in [1.165, 1.54) is 4.57 Å². The van der Waals surface area contributed by atoms with Crippen molar-refractivity contribution < 1.29 is 9.21 Å². The number of aryl methyl sites for hydroxylation is 1. The molecule has 2 heterocycles. The number of rotatable bonds is 5. The molecule has 0 saturated heterocycles. The highest BCUT2D eigenvalue weighted by Gasteiger charge is 2.21. The average molecular weight is 416 g/mol. The maximum absolute atomic E-state index is 12.7. The smallest absolute Gasteiger partial charge is 0.408 e. The number of oxazole rings is 1. The quantitative estimate of drug-likeness (QED) is 0.482. The molecule has 144 valence electrons. The van der Waals surface area contributed by atoms with E-state index in [0.29, 0.717) is 16.1 Å². The zero-order valence-electron chi connectivity index (χ0n) is 15.4. The molecule has 0 unspecified atom stereocenters. The molecule has 6 nitrogen and oxygen atoms in total. The van der Waals surface area contributed by atoms with Gasteiger partial charge in [-0.2, -0.15) is 0 Å². The van der Waals surface area contributed by atoms with E-state index in [0.717, 1.165) is 15.2 Å². The maximum Gasteiger partial charge on any atom is 0.419 e. The topological polar surface area (TPSA) is 68.3 Å². The molecule has 4 rings (SSSR count). The Hall–Kier alpha value is -2.64. The summed E-state index contributed by atoms with van der Waals surface area (Å²) in [6.45, 7) is 2.19. The number of hydrogen-bond donors (Lipinski definition) is 0. The molecule has 4 aromatic rings. The summed E-state index contributed by atoms with van der Waals surface area (Å²) in [5, 5.41) is 1.38. The third-order valence-corrected chi connectivity index (χ3v) is 6.26. The van der Waals surface area contributed by atoms with Gasteiger partial charge >= 0.3 is 5.76 Å². The molecular formula is C20H18ClN3O3S. The highest BCUT2D eigenvalue weighted by atomic mass is 35.5. The third kappa shape index (κ3) is 3.43. The molecule has 0 aliphatic carbocycles. The second-order valence-electron chi connectivity index (χ2n) is 6.58. The first-order valence-electron chi connectivity index (χ1n) is 8.84. The average Bonchev–Trinajstić information content (AvgIpc) is 3.24. The van der Waals surface area contributed by atoms with Crippen molar-refractivity contribution >= 4 is 50.2 Å². The van der Waals surface area contributed by atoms with Gasteiger partial charge in [0.1, 0.15) is 5.01 Å². The first-order chi connectivity index (χ1) is 13.4.